The van der Waals surface area contributed by atoms with Crippen LogP contribution in [0.1, 0.15) is 17.1 Å². The molecule has 1 aliphatic heterocycles. The lowest BCUT2D eigenvalue weighted by Crippen LogP contribution is -2.50. The van der Waals surface area contributed by atoms with E-state index >= 15 is 0 Å². The molecule has 1 amide bonds. The Hall–Kier alpha value is -3.23. The minimum Gasteiger partial charge on any atom is -0.338 e. The second kappa shape index (κ2) is 7.65. The summed E-state index contributed by atoms with van der Waals surface area (Å²) < 4.78 is 20.2. The van der Waals surface area contributed by atoms with E-state index in [1.165, 1.54) is 6.07 Å². The summed E-state index contributed by atoms with van der Waals surface area (Å²) in [6.07, 6.45) is 0. The number of carbonyl (C=O) groups is 1. The molecule has 9 heteroatoms. The molecule has 8 nitrogen and oxygen atoms in total. The zero-order chi connectivity index (χ0) is 20.5. The Kier molecular flexibility index (Phi) is 5.04. The van der Waals surface area contributed by atoms with Crippen molar-refractivity contribution in [1.82, 2.24) is 24.8 Å². The smallest absolute Gasteiger partial charge is 0.266 e. The van der Waals surface area contributed by atoms with E-state index in [9.17, 15) is 9.18 Å². The Morgan fingerprint density at radius 1 is 1.14 bits per heavy atom. The van der Waals surface area contributed by atoms with Gasteiger partial charge < -0.3 is 14.3 Å². The fraction of sp³-hybridized carbons (Fsp3) is 0.400. The fourth-order valence-electron chi connectivity index (χ4n) is 3.42. The number of amides is 1. The molecular formula is C20H23FN6O2. The quantitative estimate of drug-likeness (QED) is 0.671. The van der Waals surface area contributed by atoms with Gasteiger partial charge in [0, 0.05) is 44.4 Å². The van der Waals surface area contributed by atoms with Gasteiger partial charge in [-0.25, -0.2) is 4.39 Å². The summed E-state index contributed by atoms with van der Waals surface area (Å²) in [7, 11) is 0. The first-order valence-electron chi connectivity index (χ1n) is 9.55. The summed E-state index contributed by atoms with van der Waals surface area (Å²) in [6, 6.07) is 6.82. The molecular weight excluding hydrogens is 375 g/mol. The molecule has 1 saturated heterocycles. The second-order valence-corrected chi connectivity index (χ2v) is 7.27. The summed E-state index contributed by atoms with van der Waals surface area (Å²) in [4.78, 5) is 20.8. The molecule has 0 unspecified atom stereocenters. The number of rotatable bonds is 4. The van der Waals surface area contributed by atoms with Gasteiger partial charge in [-0.1, -0.05) is 0 Å². The maximum atomic E-state index is 13.5. The zero-order valence-electron chi connectivity index (χ0n) is 16.7. The van der Waals surface area contributed by atoms with Gasteiger partial charge >= 0.3 is 0 Å². The summed E-state index contributed by atoms with van der Waals surface area (Å²) in [6.45, 7) is 8.06. The minimum absolute atomic E-state index is 0.0157. The Morgan fingerprint density at radius 3 is 2.55 bits per heavy atom. The molecule has 0 radical (unpaired) electrons. The predicted octanol–water partition coefficient (Wildman–Crippen LogP) is 2.35. The molecule has 0 atom stereocenters. The molecule has 2 aromatic heterocycles. The molecule has 3 aromatic rings. The van der Waals surface area contributed by atoms with E-state index in [-0.39, 0.29) is 18.3 Å². The third kappa shape index (κ3) is 3.98. The lowest BCUT2D eigenvalue weighted by atomic mass is 10.1. The van der Waals surface area contributed by atoms with Crippen molar-refractivity contribution in [1.29, 1.82) is 0 Å². The first-order valence-corrected chi connectivity index (χ1v) is 9.55. The Bertz CT molecular complexity index is 1040. The van der Waals surface area contributed by atoms with Gasteiger partial charge in [0.15, 0.2) is 0 Å². The third-order valence-electron chi connectivity index (χ3n) is 5.15. The number of piperazine rings is 1. The van der Waals surface area contributed by atoms with Crippen LogP contribution in [0.3, 0.4) is 0 Å². The van der Waals surface area contributed by atoms with Crippen molar-refractivity contribution in [2.45, 2.75) is 27.3 Å². The Labute approximate surface area is 167 Å². The molecule has 0 bridgehead atoms. The Morgan fingerprint density at radius 2 is 1.90 bits per heavy atom. The van der Waals surface area contributed by atoms with Crippen molar-refractivity contribution < 1.29 is 13.7 Å². The molecule has 1 aromatic carbocycles. The van der Waals surface area contributed by atoms with Gasteiger partial charge in [-0.2, -0.15) is 10.1 Å². The number of anilines is 1. The minimum atomic E-state index is -0.241. The lowest BCUT2D eigenvalue weighted by molar-refractivity contribution is -0.132. The summed E-state index contributed by atoms with van der Waals surface area (Å²) in [5, 5.41) is 8.49. The van der Waals surface area contributed by atoms with Crippen molar-refractivity contribution in [2.75, 3.05) is 31.1 Å². The number of hydrogen-bond donors (Lipinski definition) is 0. The average molecular weight is 398 g/mol. The first-order chi connectivity index (χ1) is 13.9. The van der Waals surface area contributed by atoms with Crippen LogP contribution < -0.4 is 4.90 Å². The maximum absolute atomic E-state index is 13.5. The van der Waals surface area contributed by atoms with Crippen LogP contribution in [-0.4, -0.2) is 56.9 Å². The highest BCUT2D eigenvalue weighted by Gasteiger charge is 2.24. The molecule has 0 saturated carbocycles. The molecule has 3 heterocycles. The number of hydrogen-bond acceptors (Lipinski definition) is 6. The molecule has 29 heavy (non-hydrogen) atoms. The monoisotopic (exact) mass is 398 g/mol. The molecule has 0 aliphatic carbocycles. The number of benzene rings is 1. The van der Waals surface area contributed by atoms with Crippen LogP contribution in [0.15, 0.2) is 28.8 Å². The van der Waals surface area contributed by atoms with E-state index in [2.05, 4.69) is 15.2 Å². The van der Waals surface area contributed by atoms with Crippen molar-refractivity contribution in [2.24, 2.45) is 0 Å². The van der Waals surface area contributed by atoms with Gasteiger partial charge in [-0.05, 0) is 48.8 Å². The van der Waals surface area contributed by atoms with Crippen LogP contribution in [0.25, 0.3) is 11.3 Å². The molecule has 0 spiro atoms. The van der Waals surface area contributed by atoms with Gasteiger partial charge in [0.05, 0.1) is 5.69 Å². The lowest BCUT2D eigenvalue weighted by Gasteiger charge is -2.33. The number of aryl methyl sites for hydroxylation is 3. The van der Waals surface area contributed by atoms with Crippen molar-refractivity contribution in [3.05, 3.63) is 47.2 Å². The number of halogens is 1. The largest absolute Gasteiger partial charge is 0.338 e. The summed E-state index contributed by atoms with van der Waals surface area (Å²) >= 11 is 0. The standard InChI is InChI=1S/C20H23FN6O2/c1-13-10-16(4-5-17(13)21)18-11-14(2)27(23-18)12-19(28)25-6-8-26(9-7-25)20-22-15(3)29-24-20/h4-5,10-11H,6-9,12H2,1-3H3. The van der Waals surface area contributed by atoms with Crippen LogP contribution in [0, 0.1) is 26.6 Å². The Balaban J connectivity index is 1.40. The van der Waals surface area contributed by atoms with E-state index in [0.29, 0.717) is 43.6 Å². The van der Waals surface area contributed by atoms with E-state index in [1.807, 2.05) is 22.8 Å². The SMILES string of the molecule is Cc1nc(N2CCN(C(=O)Cn3nc(-c4ccc(F)c(C)c4)cc3C)CC2)no1. The highest BCUT2D eigenvalue weighted by Crippen LogP contribution is 2.22. The van der Waals surface area contributed by atoms with Gasteiger partial charge in [0.2, 0.25) is 11.8 Å². The van der Waals surface area contributed by atoms with Crippen LogP contribution in [-0.2, 0) is 11.3 Å². The fourth-order valence-corrected chi connectivity index (χ4v) is 3.42. The molecule has 152 valence electrons. The number of nitrogens with zero attached hydrogens (tertiary/aromatic N) is 6. The first kappa shape index (κ1) is 19.1. The van der Waals surface area contributed by atoms with Crippen LogP contribution in [0.5, 0.6) is 0 Å². The average Bonchev–Trinajstić information content (AvgIpc) is 3.30. The normalized spacial score (nSPS) is 14.5. The summed E-state index contributed by atoms with van der Waals surface area (Å²) in [5.74, 6) is 0.869. The molecule has 4 rings (SSSR count). The third-order valence-corrected chi connectivity index (χ3v) is 5.15. The highest BCUT2D eigenvalue weighted by molar-refractivity contribution is 5.76. The number of carbonyl (C=O) groups excluding carboxylic acids is 1. The molecule has 1 fully saturated rings. The van der Waals surface area contributed by atoms with Gasteiger partial charge in [-0.15, -0.1) is 0 Å². The van der Waals surface area contributed by atoms with Crippen molar-refractivity contribution in [3.63, 3.8) is 0 Å². The van der Waals surface area contributed by atoms with Crippen LogP contribution in [0.2, 0.25) is 0 Å². The molecule has 1 aliphatic rings. The van der Waals surface area contributed by atoms with E-state index < -0.39 is 0 Å². The second-order valence-electron chi connectivity index (χ2n) is 7.27. The zero-order valence-corrected chi connectivity index (χ0v) is 16.7. The van der Waals surface area contributed by atoms with E-state index in [4.69, 9.17) is 4.52 Å². The number of aromatic nitrogens is 4. The predicted molar refractivity (Wildman–Crippen MR) is 105 cm³/mol. The van der Waals surface area contributed by atoms with E-state index in [0.717, 1.165) is 17.0 Å². The highest BCUT2D eigenvalue weighted by atomic mass is 19.1. The van der Waals surface area contributed by atoms with Gasteiger partial charge in [0.1, 0.15) is 12.4 Å². The van der Waals surface area contributed by atoms with E-state index in [1.54, 1.807) is 30.7 Å². The van der Waals surface area contributed by atoms with Gasteiger partial charge in [0.25, 0.3) is 5.95 Å². The van der Waals surface area contributed by atoms with Crippen LogP contribution >= 0.6 is 0 Å². The maximum Gasteiger partial charge on any atom is 0.266 e. The summed E-state index contributed by atoms with van der Waals surface area (Å²) in [5.41, 5.74) is 3.02. The van der Waals surface area contributed by atoms with Crippen LogP contribution in [0.4, 0.5) is 10.3 Å². The topological polar surface area (TPSA) is 80.3 Å². The van der Waals surface area contributed by atoms with Gasteiger partial charge in [-0.3, -0.25) is 9.48 Å². The van der Waals surface area contributed by atoms with Crippen molar-refractivity contribution in [3.8, 4) is 11.3 Å². The molecule has 0 N–H and O–H groups in total. The van der Waals surface area contributed by atoms with Crippen molar-refractivity contribution >= 4 is 11.9 Å².